The number of pyridine rings is 1. The van der Waals surface area contributed by atoms with E-state index in [1.807, 2.05) is 24.3 Å². The summed E-state index contributed by atoms with van der Waals surface area (Å²) in [5.74, 6) is 0.470. The number of benzene rings is 2. The summed E-state index contributed by atoms with van der Waals surface area (Å²) in [5, 5.41) is 3.15. The first kappa shape index (κ1) is 17.7. The van der Waals surface area contributed by atoms with Crippen LogP contribution in [0.5, 0.6) is 11.5 Å². The van der Waals surface area contributed by atoms with Crippen LogP contribution < -0.4 is 14.8 Å². The summed E-state index contributed by atoms with van der Waals surface area (Å²) >= 11 is 0. The fourth-order valence-corrected chi connectivity index (χ4v) is 2.73. The molecule has 1 aromatic heterocycles. The van der Waals surface area contributed by atoms with Crippen LogP contribution in [-0.4, -0.2) is 19.2 Å². The minimum Gasteiger partial charge on any atom is -0.497 e. The summed E-state index contributed by atoms with van der Waals surface area (Å²) in [6, 6.07) is 15.5. The van der Waals surface area contributed by atoms with Crippen molar-refractivity contribution in [3.63, 3.8) is 0 Å². The molecule has 0 amide bonds. The van der Waals surface area contributed by atoms with Crippen LogP contribution in [-0.2, 0) is 0 Å². The van der Waals surface area contributed by atoms with E-state index >= 15 is 0 Å². The summed E-state index contributed by atoms with van der Waals surface area (Å²) in [6.07, 6.45) is 0. The number of nitrogens with one attached hydrogen (secondary N) is 1. The molecule has 0 saturated heterocycles. The molecule has 134 valence electrons. The SMILES string of the molecule is COc1cccc(C(Nc2cccc(F)n2)c2cc(F)ccc2OC)c1. The molecule has 3 rings (SSSR count). The van der Waals surface area contributed by atoms with Gasteiger partial charge in [-0.3, -0.25) is 0 Å². The lowest BCUT2D eigenvalue weighted by Gasteiger charge is -2.23. The number of anilines is 1. The zero-order valence-corrected chi connectivity index (χ0v) is 14.4. The molecule has 4 nitrogen and oxygen atoms in total. The lowest BCUT2D eigenvalue weighted by molar-refractivity contribution is 0.406. The summed E-state index contributed by atoms with van der Waals surface area (Å²) in [6.45, 7) is 0. The van der Waals surface area contributed by atoms with E-state index in [1.165, 1.54) is 25.3 Å². The van der Waals surface area contributed by atoms with Gasteiger partial charge in [-0.25, -0.2) is 9.37 Å². The molecular weight excluding hydrogens is 338 g/mol. The molecular formula is C20H18F2N2O2. The Kier molecular flexibility index (Phi) is 5.31. The Hall–Kier alpha value is -3.15. The molecule has 0 saturated carbocycles. The van der Waals surface area contributed by atoms with Gasteiger partial charge in [-0.15, -0.1) is 0 Å². The monoisotopic (exact) mass is 356 g/mol. The van der Waals surface area contributed by atoms with Crippen molar-refractivity contribution in [3.8, 4) is 11.5 Å². The molecule has 0 spiro atoms. The van der Waals surface area contributed by atoms with Crippen LogP contribution in [0, 0.1) is 11.8 Å². The average molecular weight is 356 g/mol. The van der Waals surface area contributed by atoms with Crippen molar-refractivity contribution in [3.05, 3.63) is 83.6 Å². The first-order valence-electron chi connectivity index (χ1n) is 7.97. The van der Waals surface area contributed by atoms with Gasteiger partial charge in [0.15, 0.2) is 0 Å². The normalized spacial score (nSPS) is 11.7. The van der Waals surface area contributed by atoms with Crippen LogP contribution in [0.2, 0.25) is 0 Å². The Bertz CT molecular complexity index is 902. The van der Waals surface area contributed by atoms with Crippen molar-refractivity contribution in [2.24, 2.45) is 0 Å². The predicted molar refractivity (Wildman–Crippen MR) is 95.6 cm³/mol. The number of hydrogen-bond donors (Lipinski definition) is 1. The second kappa shape index (κ2) is 7.82. The average Bonchev–Trinajstić information content (AvgIpc) is 2.66. The predicted octanol–water partition coefficient (Wildman–Crippen LogP) is 4.58. The van der Waals surface area contributed by atoms with Gasteiger partial charge < -0.3 is 14.8 Å². The molecule has 1 atom stereocenters. The van der Waals surface area contributed by atoms with Gasteiger partial charge in [0, 0.05) is 5.56 Å². The molecule has 2 aromatic carbocycles. The highest BCUT2D eigenvalue weighted by Gasteiger charge is 2.20. The smallest absolute Gasteiger partial charge is 0.214 e. The van der Waals surface area contributed by atoms with E-state index in [-0.39, 0.29) is 0 Å². The fraction of sp³-hybridized carbons (Fsp3) is 0.150. The lowest BCUT2D eigenvalue weighted by Crippen LogP contribution is -2.15. The topological polar surface area (TPSA) is 43.4 Å². The van der Waals surface area contributed by atoms with E-state index in [2.05, 4.69) is 10.3 Å². The number of methoxy groups -OCH3 is 2. The molecule has 0 radical (unpaired) electrons. The number of nitrogens with zero attached hydrogens (tertiary/aromatic N) is 1. The van der Waals surface area contributed by atoms with E-state index < -0.39 is 17.8 Å². The highest BCUT2D eigenvalue weighted by Crippen LogP contribution is 2.34. The van der Waals surface area contributed by atoms with Crippen molar-refractivity contribution in [2.75, 3.05) is 19.5 Å². The molecule has 0 aliphatic rings. The Morgan fingerprint density at radius 2 is 1.73 bits per heavy atom. The van der Waals surface area contributed by atoms with Gasteiger partial charge in [0.2, 0.25) is 5.95 Å². The van der Waals surface area contributed by atoms with Gasteiger partial charge in [0.1, 0.15) is 23.1 Å². The molecule has 3 aromatic rings. The number of aromatic nitrogens is 1. The summed E-state index contributed by atoms with van der Waals surface area (Å²) in [7, 11) is 3.08. The molecule has 0 fully saturated rings. The van der Waals surface area contributed by atoms with Crippen molar-refractivity contribution in [1.82, 2.24) is 4.98 Å². The second-order valence-electron chi connectivity index (χ2n) is 5.59. The molecule has 0 bridgehead atoms. The third kappa shape index (κ3) is 3.91. The van der Waals surface area contributed by atoms with E-state index in [0.717, 1.165) is 5.56 Å². The molecule has 1 unspecified atom stereocenters. The highest BCUT2D eigenvalue weighted by atomic mass is 19.1. The zero-order chi connectivity index (χ0) is 18.5. The third-order valence-corrected chi connectivity index (χ3v) is 3.94. The van der Waals surface area contributed by atoms with Crippen LogP contribution in [0.1, 0.15) is 17.2 Å². The van der Waals surface area contributed by atoms with Crippen LogP contribution in [0.15, 0.2) is 60.7 Å². The summed E-state index contributed by atoms with van der Waals surface area (Å²) in [5.41, 5.74) is 1.35. The van der Waals surface area contributed by atoms with E-state index in [0.29, 0.717) is 22.9 Å². The molecule has 0 aliphatic carbocycles. The minimum atomic E-state index is -0.606. The van der Waals surface area contributed by atoms with Crippen molar-refractivity contribution in [2.45, 2.75) is 6.04 Å². The largest absolute Gasteiger partial charge is 0.497 e. The lowest BCUT2D eigenvalue weighted by atomic mass is 9.97. The van der Waals surface area contributed by atoms with Crippen LogP contribution in [0.25, 0.3) is 0 Å². The minimum absolute atomic E-state index is 0.323. The molecule has 0 aliphatic heterocycles. The third-order valence-electron chi connectivity index (χ3n) is 3.94. The Morgan fingerprint density at radius 3 is 2.46 bits per heavy atom. The number of rotatable bonds is 6. The molecule has 6 heteroatoms. The number of halogens is 2. The highest BCUT2D eigenvalue weighted by molar-refractivity contribution is 5.50. The van der Waals surface area contributed by atoms with Crippen LogP contribution in [0.4, 0.5) is 14.6 Å². The molecule has 1 N–H and O–H groups in total. The van der Waals surface area contributed by atoms with E-state index in [4.69, 9.17) is 9.47 Å². The summed E-state index contributed by atoms with van der Waals surface area (Å²) < 4.78 is 38.1. The van der Waals surface area contributed by atoms with Gasteiger partial charge in [0.05, 0.1) is 20.3 Å². The number of ether oxygens (including phenoxy) is 2. The first-order chi connectivity index (χ1) is 12.6. The summed E-state index contributed by atoms with van der Waals surface area (Å²) in [4.78, 5) is 3.84. The second-order valence-corrected chi connectivity index (χ2v) is 5.59. The van der Waals surface area contributed by atoms with Gasteiger partial charge in [-0.1, -0.05) is 18.2 Å². The van der Waals surface area contributed by atoms with Crippen molar-refractivity contribution < 1.29 is 18.3 Å². The van der Waals surface area contributed by atoms with Gasteiger partial charge in [-0.05, 0) is 48.0 Å². The molecule has 1 heterocycles. The van der Waals surface area contributed by atoms with E-state index in [9.17, 15) is 8.78 Å². The Labute approximate surface area is 150 Å². The standard InChI is InChI=1S/C20H18F2N2O2/c1-25-15-6-3-5-13(11-15)20(24-19-8-4-7-18(22)23-19)16-12-14(21)9-10-17(16)26-2/h3-12,20H,1-2H3,(H,23,24). The Morgan fingerprint density at radius 1 is 0.923 bits per heavy atom. The van der Waals surface area contributed by atoms with Gasteiger partial charge in [0.25, 0.3) is 0 Å². The van der Waals surface area contributed by atoms with Gasteiger partial charge >= 0.3 is 0 Å². The number of hydrogen-bond acceptors (Lipinski definition) is 4. The molecule has 26 heavy (non-hydrogen) atoms. The van der Waals surface area contributed by atoms with Gasteiger partial charge in [-0.2, -0.15) is 4.39 Å². The fourth-order valence-electron chi connectivity index (χ4n) is 2.73. The quantitative estimate of drug-likeness (QED) is 0.657. The maximum atomic E-state index is 13.9. The van der Waals surface area contributed by atoms with Crippen LogP contribution >= 0.6 is 0 Å². The van der Waals surface area contributed by atoms with Crippen molar-refractivity contribution in [1.29, 1.82) is 0 Å². The maximum Gasteiger partial charge on any atom is 0.214 e. The van der Waals surface area contributed by atoms with Crippen molar-refractivity contribution >= 4 is 5.82 Å². The van der Waals surface area contributed by atoms with Crippen LogP contribution in [0.3, 0.4) is 0 Å². The first-order valence-corrected chi connectivity index (χ1v) is 7.97. The maximum absolute atomic E-state index is 13.9. The van der Waals surface area contributed by atoms with E-state index in [1.54, 1.807) is 25.3 Å². The Balaban J connectivity index is 2.11. The zero-order valence-electron chi connectivity index (χ0n) is 14.4.